The average molecular weight is 305 g/mol. The fraction of sp³-hybridized carbons (Fsp3) is 0.188. The van der Waals surface area contributed by atoms with Crippen molar-refractivity contribution in [3.8, 4) is 0 Å². The number of hydrogen-bond donors (Lipinski definition) is 0. The van der Waals surface area contributed by atoms with Crippen LogP contribution in [0.2, 0.25) is 5.02 Å². The number of rotatable bonds is 1. The fourth-order valence-corrected chi connectivity index (χ4v) is 2.70. The number of amides is 1. The lowest BCUT2D eigenvalue weighted by Gasteiger charge is -2.35. The van der Waals surface area contributed by atoms with E-state index in [0.29, 0.717) is 18.1 Å². The lowest BCUT2D eigenvalue weighted by molar-refractivity contribution is 0.0983. The molecule has 0 aliphatic carbocycles. The molecule has 1 aliphatic rings. The SMILES string of the molecule is CN1CCN(C(=O)c2cc(Cl)ccc2F)c2ccccc21. The van der Waals surface area contributed by atoms with Crippen LogP contribution in [0, 0.1) is 5.82 Å². The summed E-state index contributed by atoms with van der Waals surface area (Å²) in [5, 5.41) is 0.349. The maximum atomic E-state index is 13.9. The van der Waals surface area contributed by atoms with Crippen LogP contribution >= 0.6 is 11.6 Å². The summed E-state index contributed by atoms with van der Waals surface area (Å²) in [7, 11) is 1.97. The van der Waals surface area contributed by atoms with E-state index in [-0.39, 0.29) is 11.5 Å². The number of likely N-dealkylation sites (N-methyl/N-ethyl adjacent to an activating group) is 1. The van der Waals surface area contributed by atoms with Crippen molar-refractivity contribution >= 4 is 28.9 Å². The molecule has 0 saturated heterocycles. The largest absolute Gasteiger partial charge is 0.371 e. The Kier molecular flexibility index (Phi) is 3.55. The number of fused-ring (bicyclic) bond motifs is 1. The van der Waals surface area contributed by atoms with Crippen LogP contribution in [0.4, 0.5) is 15.8 Å². The molecule has 0 fully saturated rings. The van der Waals surface area contributed by atoms with Crippen LogP contribution in [0.15, 0.2) is 42.5 Å². The molecule has 0 N–H and O–H groups in total. The Bertz CT molecular complexity index is 704. The Balaban J connectivity index is 2.03. The van der Waals surface area contributed by atoms with Gasteiger partial charge in [0.25, 0.3) is 5.91 Å². The number of carbonyl (C=O) groups excluding carboxylic acids is 1. The Morgan fingerprint density at radius 2 is 1.86 bits per heavy atom. The van der Waals surface area contributed by atoms with Crippen molar-refractivity contribution < 1.29 is 9.18 Å². The Morgan fingerprint density at radius 3 is 2.62 bits per heavy atom. The number of hydrogen-bond acceptors (Lipinski definition) is 2. The molecule has 1 aliphatic heterocycles. The van der Waals surface area contributed by atoms with Crippen molar-refractivity contribution in [1.82, 2.24) is 0 Å². The van der Waals surface area contributed by atoms with Crippen LogP contribution in [0.25, 0.3) is 0 Å². The lowest BCUT2D eigenvalue weighted by atomic mass is 10.1. The first kappa shape index (κ1) is 13.9. The van der Waals surface area contributed by atoms with Gasteiger partial charge >= 0.3 is 0 Å². The van der Waals surface area contributed by atoms with Gasteiger partial charge in [0.1, 0.15) is 5.82 Å². The summed E-state index contributed by atoms with van der Waals surface area (Å²) in [6.45, 7) is 1.21. The number of anilines is 2. The fourth-order valence-electron chi connectivity index (χ4n) is 2.52. The number of halogens is 2. The van der Waals surface area contributed by atoms with Crippen LogP contribution in [-0.2, 0) is 0 Å². The van der Waals surface area contributed by atoms with E-state index in [9.17, 15) is 9.18 Å². The van der Waals surface area contributed by atoms with Gasteiger partial charge in [-0.05, 0) is 30.3 Å². The van der Waals surface area contributed by atoms with E-state index in [0.717, 1.165) is 11.4 Å². The van der Waals surface area contributed by atoms with Crippen LogP contribution < -0.4 is 9.80 Å². The molecule has 0 unspecified atom stereocenters. The van der Waals surface area contributed by atoms with Crippen molar-refractivity contribution in [2.24, 2.45) is 0 Å². The Hall–Kier alpha value is -2.07. The highest BCUT2D eigenvalue weighted by atomic mass is 35.5. The minimum Gasteiger partial charge on any atom is -0.371 e. The van der Waals surface area contributed by atoms with Crippen LogP contribution in [-0.4, -0.2) is 26.0 Å². The summed E-state index contributed by atoms with van der Waals surface area (Å²) in [6, 6.07) is 11.6. The van der Waals surface area contributed by atoms with E-state index in [1.807, 2.05) is 31.3 Å². The molecule has 3 rings (SSSR count). The molecule has 0 spiro atoms. The van der Waals surface area contributed by atoms with Gasteiger partial charge in [0.2, 0.25) is 0 Å². The second-order valence-corrected chi connectivity index (χ2v) is 5.43. The molecule has 21 heavy (non-hydrogen) atoms. The van der Waals surface area contributed by atoms with E-state index >= 15 is 0 Å². The van der Waals surface area contributed by atoms with Gasteiger partial charge in [0.05, 0.1) is 16.9 Å². The molecular formula is C16H14ClFN2O. The minimum absolute atomic E-state index is 0.00172. The molecule has 0 radical (unpaired) electrons. The van der Waals surface area contributed by atoms with Crippen LogP contribution in [0.5, 0.6) is 0 Å². The standard InChI is InChI=1S/C16H14ClFN2O/c1-19-8-9-20(15-5-3-2-4-14(15)19)16(21)12-10-11(17)6-7-13(12)18/h2-7,10H,8-9H2,1H3. The molecule has 0 bridgehead atoms. The molecule has 5 heteroatoms. The third-order valence-electron chi connectivity index (χ3n) is 3.65. The molecular weight excluding hydrogens is 291 g/mol. The molecule has 2 aromatic rings. The smallest absolute Gasteiger partial charge is 0.261 e. The topological polar surface area (TPSA) is 23.6 Å². The molecule has 0 atom stereocenters. The molecule has 1 amide bonds. The van der Waals surface area contributed by atoms with Gasteiger partial charge < -0.3 is 9.80 Å². The Labute approximate surface area is 127 Å². The van der Waals surface area contributed by atoms with Gasteiger partial charge in [-0.1, -0.05) is 23.7 Å². The van der Waals surface area contributed by atoms with Crippen molar-refractivity contribution in [1.29, 1.82) is 0 Å². The predicted molar refractivity (Wildman–Crippen MR) is 82.8 cm³/mol. The highest BCUT2D eigenvalue weighted by Crippen LogP contribution is 2.33. The summed E-state index contributed by atoms with van der Waals surface area (Å²) >= 11 is 5.88. The second kappa shape index (κ2) is 5.37. The normalized spacial score (nSPS) is 14.0. The maximum absolute atomic E-state index is 13.9. The zero-order valence-corrected chi connectivity index (χ0v) is 12.3. The average Bonchev–Trinajstić information content (AvgIpc) is 2.50. The van der Waals surface area contributed by atoms with Crippen LogP contribution in [0.3, 0.4) is 0 Å². The van der Waals surface area contributed by atoms with E-state index in [4.69, 9.17) is 11.6 Å². The third kappa shape index (κ3) is 2.47. The minimum atomic E-state index is -0.555. The van der Waals surface area contributed by atoms with Gasteiger partial charge in [0.15, 0.2) is 0 Å². The van der Waals surface area contributed by atoms with Crippen molar-refractivity contribution in [2.75, 3.05) is 29.9 Å². The highest BCUT2D eigenvalue weighted by molar-refractivity contribution is 6.31. The van der Waals surface area contributed by atoms with Crippen molar-refractivity contribution in [3.05, 3.63) is 58.9 Å². The number of carbonyl (C=O) groups is 1. The summed E-state index contributed by atoms with van der Waals surface area (Å²) in [5.41, 5.74) is 1.75. The van der Waals surface area contributed by atoms with E-state index < -0.39 is 5.82 Å². The second-order valence-electron chi connectivity index (χ2n) is 4.99. The van der Waals surface area contributed by atoms with Crippen LogP contribution in [0.1, 0.15) is 10.4 Å². The highest BCUT2D eigenvalue weighted by Gasteiger charge is 2.27. The predicted octanol–water partition coefficient (Wildman–Crippen LogP) is 3.58. The summed E-state index contributed by atoms with van der Waals surface area (Å²) in [6.07, 6.45) is 0. The van der Waals surface area contributed by atoms with Gasteiger partial charge in [-0.25, -0.2) is 4.39 Å². The first-order chi connectivity index (χ1) is 10.1. The zero-order valence-electron chi connectivity index (χ0n) is 11.5. The third-order valence-corrected chi connectivity index (χ3v) is 3.88. The number of benzene rings is 2. The molecule has 108 valence electrons. The molecule has 3 nitrogen and oxygen atoms in total. The zero-order chi connectivity index (χ0) is 15.0. The maximum Gasteiger partial charge on any atom is 0.261 e. The quantitative estimate of drug-likeness (QED) is 0.804. The Morgan fingerprint density at radius 1 is 1.14 bits per heavy atom. The first-order valence-electron chi connectivity index (χ1n) is 6.65. The molecule has 2 aromatic carbocycles. The van der Waals surface area contributed by atoms with Gasteiger partial charge in [-0.3, -0.25) is 4.79 Å². The van der Waals surface area contributed by atoms with Gasteiger partial charge in [-0.2, -0.15) is 0 Å². The number of para-hydroxylation sites is 2. The van der Waals surface area contributed by atoms with Gasteiger partial charge in [-0.15, -0.1) is 0 Å². The summed E-state index contributed by atoms with van der Waals surface area (Å²) in [5.74, 6) is -0.920. The van der Waals surface area contributed by atoms with E-state index in [1.165, 1.54) is 18.2 Å². The summed E-state index contributed by atoms with van der Waals surface area (Å²) in [4.78, 5) is 16.3. The van der Waals surface area contributed by atoms with Crippen molar-refractivity contribution in [3.63, 3.8) is 0 Å². The van der Waals surface area contributed by atoms with Gasteiger partial charge in [0, 0.05) is 25.2 Å². The number of nitrogens with zero attached hydrogens (tertiary/aromatic N) is 2. The van der Waals surface area contributed by atoms with Crippen molar-refractivity contribution in [2.45, 2.75) is 0 Å². The monoisotopic (exact) mass is 304 g/mol. The molecule has 0 aromatic heterocycles. The summed E-state index contributed by atoms with van der Waals surface area (Å²) < 4.78 is 13.9. The van der Waals surface area contributed by atoms with E-state index in [2.05, 4.69) is 4.90 Å². The molecule has 1 heterocycles. The lowest BCUT2D eigenvalue weighted by Crippen LogP contribution is -2.42. The molecule has 0 saturated carbocycles. The van der Waals surface area contributed by atoms with E-state index in [1.54, 1.807) is 4.90 Å². The first-order valence-corrected chi connectivity index (χ1v) is 7.03.